The van der Waals surface area contributed by atoms with Gasteiger partial charge in [-0.2, -0.15) is 0 Å². The number of rotatable bonds is 9. The van der Waals surface area contributed by atoms with Gasteiger partial charge in [-0.05, 0) is 107 Å². The molecule has 244 valence electrons. The van der Waals surface area contributed by atoms with E-state index in [1.807, 2.05) is 85.1 Å². The van der Waals surface area contributed by atoms with E-state index in [4.69, 9.17) is 19.9 Å². The first-order valence-electron chi connectivity index (χ1n) is 17.4. The van der Waals surface area contributed by atoms with E-state index in [1.54, 1.807) is 0 Å². The van der Waals surface area contributed by atoms with Crippen LogP contribution in [-0.2, 0) is 6.42 Å². The number of pyridine rings is 1. The van der Waals surface area contributed by atoms with E-state index in [0.29, 0.717) is 17.5 Å². The zero-order chi connectivity index (χ0) is 34.5. The van der Waals surface area contributed by atoms with Gasteiger partial charge in [-0.15, -0.1) is 0 Å². The summed E-state index contributed by atoms with van der Waals surface area (Å²) in [6.07, 6.45) is 12.8. The van der Waals surface area contributed by atoms with Crippen LogP contribution in [0.25, 0.3) is 79.5 Å². The van der Waals surface area contributed by atoms with Crippen LogP contribution in [0, 0.1) is 6.92 Å². The second-order valence-corrected chi connectivity index (χ2v) is 12.4. The summed E-state index contributed by atoms with van der Waals surface area (Å²) < 4.78 is 0. The average Bonchev–Trinajstić information content (AvgIpc) is 3.18. The van der Waals surface area contributed by atoms with E-state index in [0.717, 1.165) is 51.9 Å². The lowest BCUT2D eigenvalue weighted by Crippen LogP contribution is -2.01. The molecule has 4 heteroatoms. The number of benzene rings is 5. The van der Waals surface area contributed by atoms with Gasteiger partial charge in [0.25, 0.3) is 0 Å². The summed E-state index contributed by atoms with van der Waals surface area (Å²) >= 11 is 0. The molecule has 0 N–H and O–H groups in total. The molecule has 0 aliphatic heterocycles. The third-order valence-corrected chi connectivity index (χ3v) is 9.17. The zero-order valence-corrected chi connectivity index (χ0v) is 29.1. The standard InChI is InChI=1S/C46H40N4/c1-5-8-22-39-31(4)38(7-3)40(17-6-2)42-30-34(24-25-41(39)42)35-27-36(43-23-15-16-26-47-43)29-37(28-35)46-49-44(32-18-11-9-12-19-32)48-45(50-46)33-20-13-10-14-21-33/h6,8-30H,5,7H2,1-4H3/b17-6-,22-8-. The maximum absolute atomic E-state index is 5.07. The largest absolute Gasteiger partial charge is 0.256 e. The maximum atomic E-state index is 5.07. The number of allylic oxidation sites excluding steroid dienone is 2. The van der Waals surface area contributed by atoms with Crippen molar-refractivity contribution in [3.05, 3.63) is 156 Å². The fourth-order valence-corrected chi connectivity index (χ4v) is 6.72. The molecular formula is C46H40N4. The molecule has 2 heterocycles. The molecule has 0 spiro atoms. The minimum absolute atomic E-state index is 0.614. The molecule has 2 aromatic heterocycles. The molecule has 0 atom stereocenters. The quantitative estimate of drug-likeness (QED) is 0.156. The number of hydrogen-bond donors (Lipinski definition) is 0. The summed E-state index contributed by atoms with van der Waals surface area (Å²) in [6, 6.07) is 39.7. The van der Waals surface area contributed by atoms with E-state index >= 15 is 0 Å². The zero-order valence-electron chi connectivity index (χ0n) is 29.1. The second kappa shape index (κ2) is 14.6. The van der Waals surface area contributed by atoms with E-state index < -0.39 is 0 Å². The SMILES string of the molecule is C/C=C\c1c(CC)c(C)c(/C=C\CC)c2ccc(-c3cc(-c4ccccn4)cc(-c4nc(-c5ccccc5)nc(-c5ccccc5)n4)c3)cc12. The van der Waals surface area contributed by atoms with Gasteiger partial charge in [-0.1, -0.05) is 117 Å². The van der Waals surface area contributed by atoms with Crippen LogP contribution < -0.4 is 0 Å². The molecule has 0 saturated heterocycles. The number of fused-ring (bicyclic) bond motifs is 1. The van der Waals surface area contributed by atoms with Crippen LogP contribution in [0.15, 0.2) is 134 Å². The monoisotopic (exact) mass is 648 g/mol. The topological polar surface area (TPSA) is 51.6 Å². The van der Waals surface area contributed by atoms with Gasteiger partial charge in [0.1, 0.15) is 0 Å². The Morgan fingerprint density at radius 2 is 1.16 bits per heavy atom. The van der Waals surface area contributed by atoms with Gasteiger partial charge >= 0.3 is 0 Å². The summed E-state index contributed by atoms with van der Waals surface area (Å²) in [4.78, 5) is 19.8. The first-order valence-corrected chi connectivity index (χ1v) is 17.4. The first-order chi connectivity index (χ1) is 24.6. The Morgan fingerprint density at radius 3 is 1.76 bits per heavy atom. The van der Waals surface area contributed by atoms with Crippen LogP contribution in [0.3, 0.4) is 0 Å². The average molecular weight is 649 g/mol. The van der Waals surface area contributed by atoms with Crippen molar-refractivity contribution in [2.75, 3.05) is 0 Å². The Kier molecular flexibility index (Phi) is 9.52. The lowest BCUT2D eigenvalue weighted by atomic mass is 9.86. The number of nitrogens with zero attached hydrogens (tertiary/aromatic N) is 4. The Labute approximate surface area is 295 Å². The lowest BCUT2D eigenvalue weighted by Gasteiger charge is -2.18. The number of aromatic nitrogens is 4. The third kappa shape index (κ3) is 6.53. The predicted molar refractivity (Wildman–Crippen MR) is 210 cm³/mol. The molecule has 0 radical (unpaired) electrons. The van der Waals surface area contributed by atoms with E-state index in [9.17, 15) is 0 Å². The minimum Gasteiger partial charge on any atom is -0.256 e. The van der Waals surface area contributed by atoms with Crippen LogP contribution in [0.5, 0.6) is 0 Å². The molecule has 0 aliphatic carbocycles. The smallest absolute Gasteiger partial charge is 0.164 e. The molecule has 7 rings (SSSR count). The van der Waals surface area contributed by atoms with Gasteiger partial charge in [0.05, 0.1) is 5.69 Å². The second-order valence-electron chi connectivity index (χ2n) is 12.4. The summed E-state index contributed by atoms with van der Waals surface area (Å²) in [7, 11) is 0. The molecule has 50 heavy (non-hydrogen) atoms. The minimum atomic E-state index is 0.614. The Balaban J connectivity index is 1.48. The predicted octanol–water partition coefficient (Wildman–Crippen LogP) is 12.1. The van der Waals surface area contributed by atoms with Gasteiger partial charge in [0, 0.05) is 28.5 Å². The van der Waals surface area contributed by atoms with Crippen LogP contribution in [0.1, 0.15) is 49.4 Å². The maximum Gasteiger partial charge on any atom is 0.164 e. The third-order valence-electron chi connectivity index (χ3n) is 9.17. The molecule has 0 aliphatic rings. The van der Waals surface area contributed by atoms with Gasteiger partial charge in [0.15, 0.2) is 17.5 Å². The molecule has 0 fully saturated rings. The van der Waals surface area contributed by atoms with Crippen molar-refractivity contribution in [1.29, 1.82) is 0 Å². The highest BCUT2D eigenvalue weighted by atomic mass is 15.0. The van der Waals surface area contributed by atoms with Gasteiger partial charge < -0.3 is 0 Å². The fraction of sp³-hybridized carbons (Fsp3) is 0.130. The lowest BCUT2D eigenvalue weighted by molar-refractivity contribution is 1.07. The molecule has 4 nitrogen and oxygen atoms in total. The summed E-state index contributed by atoms with van der Waals surface area (Å²) in [6.45, 7) is 8.80. The van der Waals surface area contributed by atoms with E-state index in [-0.39, 0.29) is 0 Å². The normalized spacial score (nSPS) is 11.6. The number of hydrogen-bond acceptors (Lipinski definition) is 4. The molecule has 0 amide bonds. The van der Waals surface area contributed by atoms with Gasteiger partial charge in [0.2, 0.25) is 0 Å². The van der Waals surface area contributed by atoms with Crippen LogP contribution in [0.2, 0.25) is 0 Å². The highest BCUT2D eigenvalue weighted by Crippen LogP contribution is 2.38. The molecule has 7 aromatic rings. The molecule has 0 unspecified atom stereocenters. The van der Waals surface area contributed by atoms with Crippen molar-refractivity contribution in [3.63, 3.8) is 0 Å². The fourth-order valence-electron chi connectivity index (χ4n) is 6.72. The highest BCUT2D eigenvalue weighted by Gasteiger charge is 2.17. The summed E-state index contributed by atoms with van der Waals surface area (Å²) in [5.74, 6) is 1.88. The van der Waals surface area contributed by atoms with Crippen molar-refractivity contribution in [2.45, 2.75) is 40.5 Å². The van der Waals surface area contributed by atoms with Crippen LogP contribution in [0.4, 0.5) is 0 Å². The summed E-state index contributed by atoms with van der Waals surface area (Å²) in [5, 5.41) is 2.52. The molecule has 0 bridgehead atoms. The van der Waals surface area contributed by atoms with Crippen LogP contribution >= 0.6 is 0 Å². The van der Waals surface area contributed by atoms with Crippen molar-refractivity contribution in [1.82, 2.24) is 19.9 Å². The highest BCUT2D eigenvalue weighted by molar-refractivity contribution is 6.01. The molecular weight excluding hydrogens is 609 g/mol. The first kappa shape index (κ1) is 32.5. The van der Waals surface area contributed by atoms with Crippen molar-refractivity contribution in [3.8, 4) is 56.5 Å². The molecule has 5 aromatic carbocycles. The summed E-state index contributed by atoms with van der Waals surface area (Å²) in [5.41, 5.74) is 12.2. The van der Waals surface area contributed by atoms with Gasteiger partial charge in [-0.3, -0.25) is 4.98 Å². The molecule has 0 saturated carbocycles. The van der Waals surface area contributed by atoms with Crippen molar-refractivity contribution >= 4 is 22.9 Å². The van der Waals surface area contributed by atoms with Gasteiger partial charge in [-0.25, -0.2) is 15.0 Å². The Morgan fingerprint density at radius 1 is 0.540 bits per heavy atom. The van der Waals surface area contributed by atoms with E-state index in [1.165, 1.54) is 33.0 Å². The van der Waals surface area contributed by atoms with Crippen LogP contribution in [-0.4, -0.2) is 19.9 Å². The van der Waals surface area contributed by atoms with E-state index in [2.05, 4.69) is 88.4 Å². The van der Waals surface area contributed by atoms with Crippen molar-refractivity contribution < 1.29 is 0 Å². The van der Waals surface area contributed by atoms with Crippen molar-refractivity contribution in [2.24, 2.45) is 0 Å². The Bertz CT molecular complexity index is 2280. The Hall–Kier alpha value is -6.00.